The van der Waals surface area contributed by atoms with Crippen molar-refractivity contribution in [3.05, 3.63) is 36.0 Å². The van der Waals surface area contributed by atoms with Crippen molar-refractivity contribution in [1.82, 2.24) is 9.97 Å². The number of alkyl halides is 3. The fourth-order valence-electron chi connectivity index (χ4n) is 2.58. The van der Waals surface area contributed by atoms with Crippen LogP contribution < -0.4 is 14.4 Å². The Morgan fingerprint density at radius 3 is 2.59 bits per heavy atom. The number of anilines is 2. The van der Waals surface area contributed by atoms with E-state index in [4.69, 9.17) is 9.47 Å². The van der Waals surface area contributed by atoms with Crippen molar-refractivity contribution in [1.29, 1.82) is 0 Å². The number of hydrogen-bond acceptors (Lipinski definition) is 5. The van der Waals surface area contributed by atoms with Crippen molar-refractivity contribution in [2.45, 2.75) is 58.7 Å². The number of hydrogen-bond donors (Lipinski definition) is 0. The van der Waals surface area contributed by atoms with Crippen molar-refractivity contribution < 1.29 is 22.6 Å². The Morgan fingerprint density at radius 1 is 1.17 bits per heavy atom. The smallest absolute Gasteiger partial charge is 0.421 e. The number of unbranched alkanes of at least 4 members (excludes halogenated alkanes) is 2. The zero-order valence-corrected chi connectivity index (χ0v) is 17.3. The van der Waals surface area contributed by atoms with Crippen LogP contribution in [0.15, 0.2) is 30.5 Å². The first-order valence-corrected chi connectivity index (χ1v) is 9.83. The third-order valence-corrected chi connectivity index (χ3v) is 4.47. The molecule has 160 valence electrons. The molecule has 1 unspecified atom stereocenters. The number of aromatic nitrogens is 2. The second-order valence-electron chi connectivity index (χ2n) is 6.84. The van der Waals surface area contributed by atoms with E-state index in [1.165, 1.54) is 11.9 Å². The molecule has 0 N–H and O–H groups in total. The Morgan fingerprint density at radius 2 is 1.93 bits per heavy atom. The molecule has 0 fully saturated rings. The molecule has 0 saturated heterocycles. The maximum absolute atomic E-state index is 13.5. The lowest BCUT2D eigenvalue weighted by Gasteiger charge is -2.23. The van der Waals surface area contributed by atoms with Gasteiger partial charge in [0.2, 0.25) is 0 Å². The van der Waals surface area contributed by atoms with Crippen LogP contribution in [0.3, 0.4) is 0 Å². The van der Waals surface area contributed by atoms with Crippen molar-refractivity contribution in [2.75, 3.05) is 18.6 Å². The van der Waals surface area contributed by atoms with Gasteiger partial charge in [0.25, 0.3) is 0 Å². The van der Waals surface area contributed by atoms with Gasteiger partial charge in [-0.3, -0.25) is 0 Å². The Hall–Kier alpha value is -2.51. The summed E-state index contributed by atoms with van der Waals surface area (Å²) in [5.41, 5.74) is -0.401. The molecule has 5 nitrogen and oxygen atoms in total. The number of halogens is 3. The zero-order valence-electron chi connectivity index (χ0n) is 17.3. The summed E-state index contributed by atoms with van der Waals surface area (Å²) in [7, 11) is 1.53. The molecule has 1 atom stereocenters. The quantitative estimate of drug-likeness (QED) is 0.448. The normalized spacial score (nSPS) is 12.5. The second kappa shape index (κ2) is 10.3. The van der Waals surface area contributed by atoms with Crippen LogP contribution >= 0.6 is 0 Å². The lowest BCUT2D eigenvalue weighted by molar-refractivity contribution is -0.137. The van der Waals surface area contributed by atoms with Gasteiger partial charge >= 0.3 is 12.2 Å². The van der Waals surface area contributed by atoms with Gasteiger partial charge in [0.1, 0.15) is 11.3 Å². The molecule has 1 aromatic heterocycles. The first-order chi connectivity index (χ1) is 13.8. The minimum absolute atomic E-state index is 0.0822. The van der Waals surface area contributed by atoms with Crippen molar-refractivity contribution in [3.63, 3.8) is 0 Å². The van der Waals surface area contributed by atoms with Gasteiger partial charge in [0.05, 0.1) is 12.7 Å². The number of nitrogens with zero attached hydrogens (tertiary/aromatic N) is 3. The van der Waals surface area contributed by atoms with Gasteiger partial charge in [0.15, 0.2) is 5.82 Å². The van der Waals surface area contributed by atoms with E-state index in [1.807, 2.05) is 13.8 Å². The molecule has 0 aliphatic rings. The SMILES string of the molecule is CCCCCOc1cccc(N(C)c2nc(OC(C)CC)ncc2C(F)(F)F)c1. The Bertz CT molecular complexity index is 784. The average molecular weight is 411 g/mol. The summed E-state index contributed by atoms with van der Waals surface area (Å²) < 4.78 is 51.8. The Kier molecular flexibility index (Phi) is 8.10. The molecule has 0 spiro atoms. The maximum atomic E-state index is 13.5. The molecule has 2 rings (SSSR count). The van der Waals surface area contributed by atoms with Crippen LogP contribution in [0.5, 0.6) is 11.8 Å². The summed E-state index contributed by atoms with van der Waals surface area (Å²) in [6, 6.07) is 6.85. The molecule has 0 bridgehead atoms. The van der Waals surface area contributed by atoms with E-state index in [1.54, 1.807) is 24.3 Å². The van der Waals surface area contributed by atoms with Gasteiger partial charge in [-0.2, -0.15) is 18.2 Å². The van der Waals surface area contributed by atoms with Gasteiger partial charge in [-0.15, -0.1) is 0 Å². The molecule has 1 aromatic carbocycles. The largest absolute Gasteiger partial charge is 0.494 e. The highest BCUT2D eigenvalue weighted by Crippen LogP contribution is 2.38. The molecule has 0 aliphatic carbocycles. The zero-order chi connectivity index (χ0) is 21.4. The van der Waals surface area contributed by atoms with Gasteiger partial charge in [-0.1, -0.05) is 32.8 Å². The average Bonchev–Trinajstić information content (AvgIpc) is 2.70. The van der Waals surface area contributed by atoms with E-state index in [-0.39, 0.29) is 17.9 Å². The van der Waals surface area contributed by atoms with Crippen LogP contribution in [0.4, 0.5) is 24.7 Å². The third kappa shape index (κ3) is 6.51. The van der Waals surface area contributed by atoms with Gasteiger partial charge in [-0.05, 0) is 31.9 Å². The minimum Gasteiger partial charge on any atom is -0.494 e. The predicted octanol–water partition coefficient (Wildman–Crippen LogP) is 6.01. The summed E-state index contributed by atoms with van der Waals surface area (Å²) in [6.45, 7) is 6.39. The summed E-state index contributed by atoms with van der Waals surface area (Å²) in [5.74, 6) is 0.332. The highest BCUT2D eigenvalue weighted by Gasteiger charge is 2.37. The molecular formula is C21H28F3N3O2. The van der Waals surface area contributed by atoms with E-state index in [0.29, 0.717) is 24.5 Å². The summed E-state index contributed by atoms with van der Waals surface area (Å²) in [6.07, 6.45) is -0.266. The molecular weight excluding hydrogens is 383 g/mol. The van der Waals surface area contributed by atoms with Crippen LogP contribution in [0, 0.1) is 0 Å². The molecule has 0 amide bonds. The number of rotatable bonds is 10. The van der Waals surface area contributed by atoms with Crippen molar-refractivity contribution in [2.24, 2.45) is 0 Å². The molecule has 1 heterocycles. The molecule has 0 radical (unpaired) electrons. The Labute approximate surface area is 169 Å². The molecule has 0 saturated carbocycles. The second-order valence-corrected chi connectivity index (χ2v) is 6.84. The summed E-state index contributed by atoms with van der Waals surface area (Å²) in [4.78, 5) is 9.16. The van der Waals surface area contributed by atoms with Crippen LogP contribution in [-0.4, -0.2) is 29.7 Å². The molecule has 2 aromatic rings. The monoisotopic (exact) mass is 411 g/mol. The van der Waals surface area contributed by atoms with Crippen molar-refractivity contribution >= 4 is 11.5 Å². The van der Waals surface area contributed by atoms with Crippen LogP contribution in [0.2, 0.25) is 0 Å². The topological polar surface area (TPSA) is 47.5 Å². The highest BCUT2D eigenvalue weighted by atomic mass is 19.4. The van der Waals surface area contributed by atoms with Gasteiger partial charge < -0.3 is 14.4 Å². The van der Waals surface area contributed by atoms with E-state index in [0.717, 1.165) is 25.5 Å². The van der Waals surface area contributed by atoms with Crippen LogP contribution in [0.1, 0.15) is 52.0 Å². The number of ether oxygens (including phenoxy) is 2. The lowest BCUT2D eigenvalue weighted by atomic mass is 10.2. The standard InChI is InChI=1S/C21H28F3N3O2/c1-5-7-8-12-28-17-11-9-10-16(13-17)27(4)19-18(21(22,23)24)14-25-20(26-19)29-15(3)6-2/h9-11,13-15H,5-8,12H2,1-4H3. The predicted molar refractivity (Wildman–Crippen MR) is 107 cm³/mol. The van der Waals surface area contributed by atoms with E-state index < -0.39 is 11.7 Å². The first-order valence-electron chi connectivity index (χ1n) is 9.83. The molecule has 8 heteroatoms. The molecule has 0 aliphatic heterocycles. The highest BCUT2D eigenvalue weighted by molar-refractivity contribution is 5.64. The van der Waals surface area contributed by atoms with Crippen molar-refractivity contribution in [3.8, 4) is 11.8 Å². The summed E-state index contributed by atoms with van der Waals surface area (Å²) in [5, 5.41) is 0. The van der Waals surface area contributed by atoms with Gasteiger partial charge in [0, 0.05) is 25.0 Å². The lowest BCUT2D eigenvalue weighted by Crippen LogP contribution is -2.20. The van der Waals surface area contributed by atoms with E-state index in [2.05, 4.69) is 16.9 Å². The molecule has 29 heavy (non-hydrogen) atoms. The minimum atomic E-state index is -4.59. The fraction of sp³-hybridized carbons (Fsp3) is 0.524. The van der Waals surface area contributed by atoms with Crippen LogP contribution in [0.25, 0.3) is 0 Å². The van der Waals surface area contributed by atoms with Crippen LogP contribution in [-0.2, 0) is 6.18 Å². The Balaban J connectivity index is 2.32. The van der Waals surface area contributed by atoms with E-state index in [9.17, 15) is 13.2 Å². The van der Waals surface area contributed by atoms with Gasteiger partial charge in [-0.25, -0.2) is 4.98 Å². The first kappa shape index (κ1) is 22.8. The van der Waals surface area contributed by atoms with E-state index >= 15 is 0 Å². The third-order valence-electron chi connectivity index (χ3n) is 4.47. The number of benzene rings is 1. The summed E-state index contributed by atoms with van der Waals surface area (Å²) >= 11 is 0. The maximum Gasteiger partial charge on any atom is 0.421 e. The fourth-order valence-corrected chi connectivity index (χ4v) is 2.58.